The lowest BCUT2D eigenvalue weighted by molar-refractivity contribution is -0.870. The van der Waals surface area contributed by atoms with Crippen molar-refractivity contribution >= 4 is 19.7 Å². The van der Waals surface area contributed by atoms with Crippen molar-refractivity contribution in [2.75, 3.05) is 40.9 Å². The standard InChI is InChI=1S/C66H115N2O7P/c1-7-10-13-16-19-22-25-27-29-31-32-33-34-35-36-37-39-41-44-47-50-53-56-59-66(70)75-64(57-54-51-48-45-42-24-21-18-15-12-9-3)63(62-74-76(71,72)73-61-60-68(4,5)6)67-65(69)58-55-52-49-46-43-40-38-30-28-26-23-20-17-14-11-8-2/h10-11,13-14,19-20,22-23,27-30,32-33,35-36,54,57,63-64H,7-9,12,15-18,21,24-26,31,34,37-53,55-56,58-62H2,1-6H3,(H-,67,69,71,72)/p+1/b13-10-,14-11+,22-19-,23-20+,29-27-,30-28+,33-32-,36-35-,57-54-. The minimum atomic E-state index is -4.46. The van der Waals surface area contributed by atoms with Crippen LogP contribution in [0.1, 0.15) is 245 Å². The number of ether oxygens (including phenoxy) is 1. The second-order valence-corrected chi connectivity index (χ2v) is 22.9. The van der Waals surface area contributed by atoms with Gasteiger partial charge in [-0.25, -0.2) is 4.57 Å². The number of hydrogen-bond acceptors (Lipinski definition) is 6. The first-order valence-corrected chi connectivity index (χ1v) is 32.2. The SMILES string of the molecule is CC/C=C\C/C=C\C/C=C\C/C=C\C/C=C\CCCCCCCCCC(=O)OC(/C=C\CCCCCCCCCCC)C(COP(=O)(O)OCC[N+](C)(C)C)NC(=O)CCCCCCCC/C=C/C/C=C/C/C=C/CC. The van der Waals surface area contributed by atoms with Crippen LogP contribution < -0.4 is 5.32 Å². The summed E-state index contributed by atoms with van der Waals surface area (Å²) >= 11 is 0. The Morgan fingerprint density at radius 3 is 1.26 bits per heavy atom. The Morgan fingerprint density at radius 1 is 0.474 bits per heavy atom. The second kappa shape index (κ2) is 55.0. The van der Waals surface area contributed by atoms with Crippen LogP contribution in [0.5, 0.6) is 0 Å². The fraction of sp³-hybridized carbons (Fsp3) is 0.697. The molecule has 0 aliphatic carbocycles. The Bertz CT molecular complexity index is 1670. The Hall–Kier alpha value is -3.33. The molecule has 0 radical (unpaired) electrons. The van der Waals surface area contributed by atoms with E-state index < -0.39 is 20.0 Å². The van der Waals surface area contributed by atoms with Gasteiger partial charge in [-0.15, -0.1) is 0 Å². The van der Waals surface area contributed by atoms with E-state index in [-0.39, 0.29) is 31.5 Å². The minimum Gasteiger partial charge on any atom is -0.456 e. The molecule has 0 bridgehead atoms. The fourth-order valence-electron chi connectivity index (χ4n) is 8.27. The summed E-state index contributed by atoms with van der Waals surface area (Å²) in [6, 6.07) is -0.866. The number of nitrogens with one attached hydrogen (secondary N) is 1. The summed E-state index contributed by atoms with van der Waals surface area (Å²) in [7, 11) is 1.46. The number of esters is 1. The molecule has 0 aromatic carbocycles. The molecule has 0 rings (SSSR count). The molecule has 1 amide bonds. The van der Waals surface area contributed by atoms with Crippen LogP contribution >= 0.6 is 7.82 Å². The van der Waals surface area contributed by atoms with E-state index in [1.165, 1.54) is 64.2 Å². The Kier molecular flexibility index (Phi) is 52.6. The van der Waals surface area contributed by atoms with Crippen molar-refractivity contribution in [3.63, 3.8) is 0 Å². The summed E-state index contributed by atoms with van der Waals surface area (Å²) in [5, 5.41) is 3.04. The van der Waals surface area contributed by atoms with Crippen LogP contribution in [0.2, 0.25) is 0 Å². The van der Waals surface area contributed by atoms with E-state index in [2.05, 4.69) is 123 Å². The van der Waals surface area contributed by atoms with Gasteiger partial charge in [0.1, 0.15) is 19.3 Å². The van der Waals surface area contributed by atoms with Crippen LogP contribution in [0, 0.1) is 0 Å². The van der Waals surface area contributed by atoms with Gasteiger partial charge in [-0.3, -0.25) is 18.6 Å². The lowest BCUT2D eigenvalue weighted by Crippen LogP contribution is -2.47. The number of nitrogens with zero attached hydrogens (tertiary/aromatic N) is 1. The predicted molar refractivity (Wildman–Crippen MR) is 327 cm³/mol. The highest BCUT2D eigenvalue weighted by atomic mass is 31.2. The summed E-state index contributed by atoms with van der Waals surface area (Å²) in [6.07, 6.45) is 75.1. The number of quaternary nitrogens is 1. The van der Waals surface area contributed by atoms with Crippen LogP contribution in [0.25, 0.3) is 0 Å². The van der Waals surface area contributed by atoms with Gasteiger partial charge in [0, 0.05) is 12.8 Å². The van der Waals surface area contributed by atoms with Crippen LogP contribution in [0.3, 0.4) is 0 Å². The van der Waals surface area contributed by atoms with Gasteiger partial charge in [0.2, 0.25) is 5.91 Å². The number of phosphoric ester groups is 1. The second-order valence-electron chi connectivity index (χ2n) is 21.5. The Balaban J connectivity index is 5.24. The molecule has 0 saturated heterocycles. The van der Waals surface area contributed by atoms with E-state index in [1.54, 1.807) is 0 Å². The lowest BCUT2D eigenvalue weighted by Gasteiger charge is -2.27. The number of phosphoric acid groups is 1. The maximum Gasteiger partial charge on any atom is 0.472 e. The zero-order chi connectivity index (χ0) is 55.7. The van der Waals surface area contributed by atoms with E-state index in [4.69, 9.17) is 13.8 Å². The largest absolute Gasteiger partial charge is 0.472 e. The molecule has 0 aliphatic rings. The first-order chi connectivity index (χ1) is 36.9. The minimum absolute atomic E-state index is 0.0299. The highest BCUT2D eigenvalue weighted by molar-refractivity contribution is 7.47. The third-order valence-electron chi connectivity index (χ3n) is 13.0. The summed E-state index contributed by atoms with van der Waals surface area (Å²) < 4.78 is 30.6. The van der Waals surface area contributed by atoms with Crippen LogP contribution in [-0.2, 0) is 27.9 Å². The van der Waals surface area contributed by atoms with Gasteiger partial charge in [-0.05, 0) is 109 Å². The smallest absolute Gasteiger partial charge is 0.456 e. The fourth-order valence-corrected chi connectivity index (χ4v) is 9.01. The highest BCUT2D eigenvalue weighted by Gasteiger charge is 2.30. The van der Waals surface area contributed by atoms with E-state index >= 15 is 0 Å². The maximum atomic E-state index is 13.5. The lowest BCUT2D eigenvalue weighted by atomic mass is 10.1. The van der Waals surface area contributed by atoms with Gasteiger partial charge in [0.05, 0.1) is 33.8 Å². The molecule has 76 heavy (non-hydrogen) atoms. The van der Waals surface area contributed by atoms with Crippen molar-refractivity contribution in [2.45, 2.75) is 258 Å². The van der Waals surface area contributed by atoms with Gasteiger partial charge in [0.25, 0.3) is 0 Å². The number of unbranched alkanes of at least 4 members (excludes halogenated alkanes) is 22. The number of rotatable bonds is 54. The van der Waals surface area contributed by atoms with Gasteiger partial charge in [-0.2, -0.15) is 0 Å². The Labute approximate surface area is 468 Å². The van der Waals surface area contributed by atoms with Crippen molar-refractivity contribution in [3.05, 3.63) is 109 Å². The predicted octanol–water partition coefficient (Wildman–Crippen LogP) is 18.9. The molecule has 0 aromatic heterocycles. The molecule has 0 spiro atoms. The number of carbonyl (C=O) groups excluding carboxylic acids is 2. The van der Waals surface area contributed by atoms with E-state index in [0.29, 0.717) is 17.4 Å². The number of hydrogen-bond donors (Lipinski definition) is 2. The maximum absolute atomic E-state index is 13.5. The van der Waals surface area contributed by atoms with Gasteiger partial charge < -0.3 is 19.4 Å². The van der Waals surface area contributed by atoms with Crippen molar-refractivity contribution in [3.8, 4) is 0 Å². The molecule has 9 nitrogen and oxygen atoms in total. The zero-order valence-electron chi connectivity index (χ0n) is 49.7. The molecule has 436 valence electrons. The number of amides is 1. The van der Waals surface area contributed by atoms with E-state index in [0.717, 1.165) is 148 Å². The quantitative estimate of drug-likeness (QED) is 0.0205. The molecule has 0 heterocycles. The molecule has 3 atom stereocenters. The molecule has 0 aliphatic heterocycles. The molecule has 3 unspecified atom stereocenters. The summed E-state index contributed by atoms with van der Waals surface area (Å²) in [4.78, 5) is 37.7. The first kappa shape index (κ1) is 72.7. The summed E-state index contributed by atoms with van der Waals surface area (Å²) in [5.74, 6) is -0.539. The summed E-state index contributed by atoms with van der Waals surface area (Å²) in [5.41, 5.74) is 0. The van der Waals surface area contributed by atoms with Crippen molar-refractivity contribution in [1.29, 1.82) is 0 Å². The van der Waals surface area contributed by atoms with Gasteiger partial charge in [-0.1, -0.05) is 233 Å². The third kappa shape index (κ3) is 55.4. The molecular formula is C66H116N2O7P+. The average molecular weight is 1080 g/mol. The normalized spacial score (nSPS) is 14.5. The van der Waals surface area contributed by atoms with Crippen LogP contribution in [-0.4, -0.2) is 74.3 Å². The average Bonchev–Trinajstić information content (AvgIpc) is 3.38. The zero-order valence-corrected chi connectivity index (χ0v) is 50.6. The van der Waals surface area contributed by atoms with Crippen LogP contribution in [0.4, 0.5) is 0 Å². The van der Waals surface area contributed by atoms with Gasteiger partial charge in [0.15, 0.2) is 0 Å². The first-order valence-electron chi connectivity index (χ1n) is 30.7. The molecule has 0 saturated carbocycles. The third-order valence-corrected chi connectivity index (χ3v) is 13.9. The number of likely N-dealkylation sites (N-methyl/N-ethyl adjacent to an activating group) is 1. The number of carbonyl (C=O) groups is 2. The van der Waals surface area contributed by atoms with Crippen molar-refractivity contribution in [1.82, 2.24) is 5.32 Å². The highest BCUT2D eigenvalue weighted by Crippen LogP contribution is 2.43. The molecular weight excluding hydrogens is 964 g/mol. The van der Waals surface area contributed by atoms with Gasteiger partial charge >= 0.3 is 13.8 Å². The summed E-state index contributed by atoms with van der Waals surface area (Å²) in [6.45, 7) is 6.75. The monoisotopic (exact) mass is 1080 g/mol. The van der Waals surface area contributed by atoms with Crippen molar-refractivity contribution < 1.29 is 37.3 Å². The van der Waals surface area contributed by atoms with E-state index in [9.17, 15) is 19.0 Å². The topological polar surface area (TPSA) is 111 Å². The molecule has 0 fully saturated rings. The Morgan fingerprint density at radius 2 is 0.842 bits per heavy atom. The van der Waals surface area contributed by atoms with E-state index in [1.807, 2.05) is 33.3 Å². The van der Waals surface area contributed by atoms with Crippen molar-refractivity contribution in [2.24, 2.45) is 0 Å². The van der Waals surface area contributed by atoms with Crippen LogP contribution in [0.15, 0.2) is 109 Å². The molecule has 0 aromatic rings. The molecule has 10 heteroatoms. The number of allylic oxidation sites excluding steroid dienone is 17. The molecule has 2 N–H and O–H groups in total.